The molecule has 1 aliphatic rings. The van der Waals surface area contributed by atoms with Crippen molar-refractivity contribution in [3.63, 3.8) is 0 Å². The largest absolute Gasteiger partial charge is 0.303 e. The molecule has 0 aromatic carbocycles. The van der Waals surface area contributed by atoms with Gasteiger partial charge in [0.05, 0.1) is 5.69 Å². The van der Waals surface area contributed by atoms with Crippen LogP contribution in [0.5, 0.6) is 0 Å². The van der Waals surface area contributed by atoms with Crippen molar-refractivity contribution in [2.24, 2.45) is 13.0 Å². The standard InChI is InChI=1S/C11H16N2O/c1-13-7-6-11(12-13)10-4-2-9(8-14)3-5-10/h6-10H,2-5H2,1H3. The van der Waals surface area contributed by atoms with Crippen molar-refractivity contribution in [3.05, 3.63) is 18.0 Å². The van der Waals surface area contributed by atoms with E-state index in [1.807, 2.05) is 17.9 Å². The average molecular weight is 192 g/mol. The molecule has 0 radical (unpaired) electrons. The first kappa shape index (κ1) is 9.44. The topological polar surface area (TPSA) is 34.9 Å². The number of hydrogen-bond donors (Lipinski definition) is 0. The van der Waals surface area contributed by atoms with Crippen LogP contribution in [-0.4, -0.2) is 16.1 Å². The number of carbonyl (C=O) groups is 1. The molecule has 1 saturated carbocycles. The number of aldehydes is 1. The number of carbonyl (C=O) groups excluding carboxylic acids is 1. The van der Waals surface area contributed by atoms with Crippen molar-refractivity contribution in [1.82, 2.24) is 9.78 Å². The maximum atomic E-state index is 10.6. The fourth-order valence-electron chi connectivity index (χ4n) is 2.20. The molecule has 0 amide bonds. The molecule has 76 valence electrons. The lowest BCUT2D eigenvalue weighted by Gasteiger charge is -2.23. The number of aromatic nitrogens is 2. The fraction of sp³-hybridized carbons (Fsp3) is 0.636. The minimum atomic E-state index is 0.301. The summed E-state index contributed by atoms with van der Waals surface area (Å²) < 4.78 is 1.85. The smallest absolute Gasteiger partial charge is 0.123 e. The number of nitrogens with zero attached hydrogens (tertiary/aromatic N) is 2. The molecule has 1 aromatic rings. The third-order valence-electron chi connectivity index (χ3n) is 3.12. The Morgan fingerprint density at radius 1 is 1.43 bits per heavy atom. The van der Waals surface area contributed by atoms with Crippen LogP contribution in [0.4, 0.5) is 0 Å². The Kier molecular flexibility index (Phi) is 2.66. The summed E-state index contributed by atoms with van der Waals surface area (Å²) in [7, 11) is 1.94. The van der Waals surface area contributed by atoms with Gasteiger partial charge < -0.3 is 4.79 Å². The second kappa shape index (κ2) is 3.95. The summed E-state index contributed by atoms with van der Waals surface area (Å²) >= 11 is 0. The second-order valence-corrected chi connectivity index (χ2v) is 4.16. The highest BCUT2D eigenvalue weighted by molar-refractivity contribution is 5.53. The molecule has 0 spiro atoms. The zero-order valence-corrected chi connectivity index (χ0v) is 8.52. The predicted octanol–water partition coefficient (Wildman–Crippen LogP) is 1.89. The summed E-state index contributed by atoms with van der Waals surface area (Å²) in [6, 6.07) is 2.09. The van der Waals surface area contributed by atoms with E-state index >= 15 is 0 Å². The van der Waals surface area contributed by atoms with Gasteiger partial charge in [0.15, 0.2) is 0 Å². The third kappa shape index (κ3) is 1.86. The van der Waals surface area contributed by atoms with Gasteiger partial charge in [-0.05, 0) is 31.7 Å². The van der Waals surface area contributed by atoms with Crippen LogP contribution in [0, 0.1) is 5.92 Å². The highest BCUT2D eigenvalue weighted by atomic mass is 16.1. The van der Waals surface area contributed by atoms with E-state index in [1.165, 1.54) is 5.69 Å². The Bertz CT molecular complexity index is 311. The van der Waals surface area contributed by atoms with Crippen LogP contribution in [0.1, 0.15) is 37.3 Å². The molecule has 3 heteroatoms. The Balaban J connectivity index is 1.98. The summed E-state index contributed by atoms with van der Waals surface area (Å²) in [4.78, 5) is 10.6. The molecule has 0 saturated heterocycles. The highest BCUT2D eigenvalue weighted by Gasteiger charge is 2.23. The van der Waals surface area contributed by atoms with Gasteiger partial charge in [0.2, 0.25) is 0 Å². The maximum absolute atomic E-state index is 10.6. The van der Waals surface area contributed by atoms with E-state index < -0.39 is 0 Å². The Hall–Kier alpha value is -1.12. The molecular formula is C11H16N2O. The van der Waals surface area contributed by atoms with E-state index in [1.54, 1.807) is 0 Å². The lowest BCUT2D eigenvalue weighted by atomic mass is 9.81. The lowest BCUT2D eigenvalue weighted by molar-refractivity contribution is -0.111. The van der Waals surface area contributed by atoms with Crippen molar-refractivity contribution >= 4 is 6.29 Å². The van der Waals surface area contributed by atoms with Crippen molar-refractivity contribution in [1.29, 1.82) is 0 Å². The maximum Gasteiger partial charge on any atom is 0.123 e. The molecule has 2 rings (SSSR count). The SMILES string of the molecule is Cn1ccc(C2CCC(C=O)CC2)n1. The van der Waals surface area contributed by atoms with Crippen molar-refractivity contribution in [3.8, 4) is 0 Å². The van der Waals surface area contributed by atoms with Crippen molar-refractivity contribution in [2.75, 3.05) is 0 Å². The first-order valence-corrected chi connectivity index (χ1v) is 5.24. The van der Waals surface area contributed by atoms with Gasteiger partial charge in [0.25, 0.3) is 0 Å². The normalized spacial score (nSPS) is 27.5. The Morgan fingerprint density at radius 3 is 2.64 bits per heavy atom. The van der Waals surface area contributed by atoms with Crippen LogP contribution in [0.3, 0.4) is 0 Å². The number of rotatable bonds is 2. The molecule has 0 aliphatic heterocycles. The molecule has 1 aliphatic carbocycles. The molecule has 1 fully saturated rings. The van der Waals surface area contributed by atoms with Crippen LogP contribution in [0.15, 0.2) is 12.3 Å². The fourth-order valence-corrected chi connectivity index (χ4v) is 2.20. The highest BCUT2D eigenvalue weighted by Crippen LogP contribution is 2.33. The molecule has 0 atom stereocenters. The van der Waals surface area contributed by atoms with E-state index in [9.17, 15) is 4.79 Å². The summed E-state index contributed by atoms with van der Waals surface area (Å²) in [6.07, 6.45) is 7.38. The van der Waals surface area contributed by atoms with Gasteiger partial charge >= 0.3 is 0 Å². The van der Waals surface area contributed by atoms with Gasteiger partial charge in [-0.2, -0.15) is 5.10 Å². The molecule has 0 unspecified atom stereocenters. The first-order chi connectivity index (χ1) is 6.79. The molecule has 0 bridgehead atoms. The van der Waals surface area contributed by atoms with Gasteiger partial charge in [-0.1, -0.05) is 0 Å². The lowest BCUT2D eigenvalue weighted by Crippen LogP contribution is -2.14. The predicted molar refractivity (Wildman–Crippen MR) is 54.0 cm³/mol. The van der Waals surface area contributed by atoms with E-state index in [0.29, 0.717) is 11.8 Å². The van der Waals surface area contributed by atoms with Crippen LogP contribution in [0.25, 0.3) is 0 Å². The van der Waals surface area contributed by atoms with Gasteiger partial charge in [-0.15, -0.1) is 0 Å². The van der Waals surface area contributed by atoms with E-state index in [2.05, 4.69) is 11.2 Å². The van der Waals surface area contributed by atoms with Crippen LogP contribution in [0.2, 0.25) is 0 Å². The molecular weight excluding hydrogens is 176 g/mol. The molecule has 1 aromatic heterocycles. The second-order valence-electron chi connectivity index (χ2n) is 4.16. The van der Waals surface area contributed by atoms with Crippen LogP contribution in [-0.2, 0) is 11.8 Å². The van der Waals surface area contributed by atoms with Crippen molar-refractivity contribution in [2.45, 2.75) is 31.6 Å². The average Bonchev–Trinajstić information content (AvgIpc) is 2.65. The summed E-state index contributed by atoms with van der Waals surface area (Å²) in [5.74, 6) is 0.877. The molecule has 14 heavy (non-hydrogen) atoms. The Morgan fingerprint density at radius 2 is 2.14 bits per heavy atom. The third-order valence-corrected chi connectivity index (χ3v) is 3.12. The Labute approximate surface area is 84.1 Å². The van der Waals surface area contributed by atoms with Gasteiger partial charge in [0, 0.05) is 25.1 Å². The zero-order chi connectivity index (χ0) is 9.97. The molecule has 3 nitrogen and oxygen atoms in total. The van der Waals surface area contributed by atoms with E-state index in [4.69, 9.17) is 0 Å². The van der Waals surface area contributed by atoms with Crippen LogP contribution < -0.4 is 0 Å². The molecule has 1 heterocycles. The monoisotopic (exact) mass is 192 g/mol. The van der Waals surface area contributed by atoms with Crippen molar-refractivity contribution < 1.29 is 4.79 Å². The molecule has 0 N–H and O–H groups in total. The number of hydrogen-bond acceptors (Lipinski definition) is 2. The van der Waals surface area contributed by atoms with Gasteiger partial charge in [-0.3, -0.25) is 4.68 Å². The quantitative estimate of drug-likeness (QED) is 0.671. The first-order valence-electron chi connectivity index (χ1n) is 5.24. The minimum Gasteiger partial charge on any atom is -0.303 e. The van der Waals surface area contributed by atoms with Crippen LogP contribution >= 0.6 is 0 Å². The zero-order valence-electron chi connectivity index (χ0n) is 8.52. The number of aryl methyl sites for hydroxylation is 1. The van der Waals surface area contributed by atoms with Gasteiger partial charge in [0.1, 0.15) is 6.29 Å². The minimum absolute atomic E-state index is 0.301. The van der Waals surface area contributed by atoms with Gasteiger partial charge in [-0.25, -0.2) is 0 Å². The summed E-state index contributed by atoms with van der Waals surface area (Å²) in [5, 5.41) is 4.41. The van der Waals surface area contributed by atoms with E-state index in [0.717, 1.165) is 32.0 Å². The summed E-state index contributed by atoms with van der Waals surface area (Å²) in [6.45, 7) is 0. The van der Waals surface area contributed by atoms with E-state index in [-0.39, 0.29) is 0 Å². The summed E-state index contributed by atoms with van der Waals surface area (Å²) in [5.41, 5.74) is 1.19.